The maximum atomic E-state index is 12.9. The Hall–Kier alpha value is -2.25. The molecule has 0 spiro atoms. The minimum atomic E-state index is -3.60. The maximum absolute atomic E-state index is 12.9. The molecule has 6 nitrogen and oxygen atoms in total. The van der Waals surface area contributed by atoms with Crippen molar-refractivity contribution in [2.75, 3.05) is 17.1 Å². The van der Waals surface area contributed by atoms with Crippen molar-refractivity contribution < 1.29 is 17.9 Å². The first-order chi connectivity index (χ1) is 13.0. The van der Waals surface area contributed by atoms with E-state index in [1.807, 2.05) is 44.2 Å². The molecule has 1 atom stereocenters. The number of carbonyl (C=O) groups is 1. The zero-order valence-corrected chi connectivity index (χ0v) is 17.5. The predicted octanol–water partition coefficient (Wildman–Crippen LogP) is 3.00. The molecule has 2 aromatic carbocycles. The Morgan fingerprint density at radius 1 is 1.25 bits per heavy atom. The van der Waals surface area contributed by atoms with Gasteiger partial charge in [-0.1, -0.05) is 41.9 Å². The molecule has 1 N–H and O–H groups in total. The molecule has 2 aromatic rings. The Balaban J connectivity index is 1.80. The number of amides is 1. The standard InChI is InChI=1S/C20H23ClN2O4S/c1-20(2,12-14-7-5-4-6-8-14)22-19(24)18-13-23(28(3,25)26)16-11-15(21)9-10-17(16)27-18/h4-11,18H,12-13H2,1-3H3,(H,22,24). The molecule has 0 saturated heterocycles. The quantitative estimate of drug-likeness (QED) is 0.803. The van der Waals surface area contributed by atoms with E-state index >= 15 is 0 Å². The number of ether oxygens (including phenoxy) is 1. The van der Waals surface area contributed by atoms with Gasteiger partial charge < -0.3 is 10.1 Å². The molecule has 1 heterocycles. The minimum absolute atomic E-state index is 0.112. The third-order valence-electron chi connectivity index (χ3n) is 4.43. The van der Waals surface area contributed by atoms with Crippen molar-refractivity contribution in [3.8, 4) is 5.75 Å². The summed E-state index contributed by atoms with van der Waals surface area (Å²) in [5.74, 6) is -0.0581. The summed E-state index contributed by atoms with van der Waals surface area (Å²) in [7, 11) is -3.60. The molecule has 150 valence electrons. The normalized spacial score (nSPS) is 16.9. The average molecular weight is 423 g/mol. The van der Waals surface area contributed by atoms with E-state index in [1.165, 1.54) is 6.07 Å². The summed E-state index contributed by atoms with van der Waals surface area (Å²) < 4.78 is 31.5. The van der Waals surface area contributed by atoms with Crippen LogP contribution in [0.25, 0.3) is 0 Å². The first kappa shape index (κ1) is 20.5. The zero-order valence-electron chi connectivity index (χ0n) is 16.0. The van der Waals surface area contributed by atoms with Crippen molar-refractivity contribution in [3.05, 3.63) is 59.1 Å². The second-order valence-corrected chi connectivity index (χ2v) is 9.89. The molecule has 28 heavy (non-hydrogen) atoms. The second-order valence-electron chi connectivity index (χ2n) is 7.55. The van der Waals surface area contributed by atoms with E-state index in [0.29, 0.717) is 22.9 Å². The summed E-state index contributed by atoms with van der Waals surface area (Å²) in [4.78, 5) is 12.9. The summed E-state index contributed by atoms with van der Waals surface area (Å²) in [6.45, 7) is 3.73. The molecule has 3 rings (SSSR count). The molecule has 0 bridgehead atoms. The molecule has 1 amide bonds. The molecule has 1 aliphatic heterocycles. The molecule has 8 heteroatoms. The van der Waals surface area contributed by atoms with E-state index in [4.69, 9.17) is 16.3 Å². The third-order valence-corrected chi connectivity index (χ3v) is 5.82. The van der Waals surface area contributed by atoms with E-state index < -0.39 is 21.7 Å². The summed E-state index contributed by atoms with van der Waals surface area (Å²) in [5.41, 5.74) is 0.899. The van der Waals surface area contributed by atoms with Crippen LogP contribution in [0.3, 0.4) is 0 Å². The number of sulfonamides is 1. The highest BCUT2D eigenvalue weighted by Crippen LogP contribution is 2.37. The minimum Gasteiger partial charge on any atom is -0.476 e. The summed E-state index contributed by atoms with van der Waals surface area (Å²) in [6, 6.07) is 14.5. The second kappa shape index (κ2) is 7.64. The van der Waals surface area contributed by atoms with Crippen molar-refractivity contribution in [1.29, 1.82) is 0 Å². The first-order valence-corrected chi connectivity index (χ1v) is 11.1. The predicted molar refractivity (Wildman–Crippen MR) is 110 cm³/mol. The molecular formula is C20H23ClN2O4S. The van der Waals surface area contributed by atoms with Gasteiger partial charge in [-0.05, 0) is 44.0 Å². The van der Waals surface area contributed by atoms with Crippen LogP contribution >= 0.6 is 11.6 Å². The van der Waals surface area contributed by atoms with Gasteiger partial charge in [-0.3, -0.25) is 9.10 Å². The van der Waals surface area contributed by atoms with Crippen molar-refractivity contribution >= 4 is 33.2 Å². The topological polar surface area (TPSA) is 75.7 Å². The Bertz CT molecular complexity index is 977. The van der Waals surface area contributed by atoms with Crippen molar-refractivity contribution in [2.45, 2.75) is 31.9 Å². The first-order valence-electron chi connectivity index (χ1n) is 8.85. The summed E-state index contributed by atoms with van der Waals surface area (Å²) in [6.07, 6.45) is 0.768. The molecule has 0 aliphatic carbocycles. The van der Waals surface area contributed by atoms with E-state index in [0.717, 1.165) is 16.1 Å². The molecule has 0 fully saturated rings. The highest BCUT2D eigenvalue weighted by atomic mass is 35.5. The van der Waals surface area contributed by atoms with E-state index in [9.17, 15) is 13.2 Å². The van der Waals surface area contributed by atoms with Crippen LogP contribution in [-0.4, -0.2) is 38.8 Å². The molecule has 0 saturated carbocycles. The van der Waals surface area contributed by atoms with E-state index in [2.05, 4.69) is 5.32 Å². The highest BCUT2D eigenvalue weighted by Gasteiger charge is 2.36. The Morgan fingerprint density at radius 3 is 2.57 bits per heavy atom. The lowest BCUT2D eigenvalue weighted by molar-refractivity contribution is -0.129. The number of hydrogen-bond donors (Lipinski definition) is 1. The van der Waals surface area contributed by atoms with Gasteiger partial charge in [0.1, 0.15) is 5.75 Å². The summed E-state index contributed by atoms with van der Waals surface area (Å²) in [5, 5.41) is 3.37. The Morgan fingerprint density at radius 2 is 1.93 bits per heavy atom. The van der Waals surface area contributed by atoms with Gasteiger partial charge in [0.2, 0.25) is 10.0 Å². The maximum Gasteiger partial charge on any atom is 0.263 e. The number of halogens is 1. The average Bonchev–Trinajstić information content (AvgIpc) is 2.59. The number of hydrogen-bond acceptors (Lipinski definition) is 4. The lowest BCUT2D eigenvalue weighted by Gasteiger charge is -2.36. The highest BCUT2D eigenvalue weighted by molar-refractivity contribution is 7.92. The van der Waals surface area contributed by atoms with Crippen LogP contribution in [-0.2, 0) is 21.2 Å². The molecule has 1 unspecified atom stereocenters. The Labute approximate surface area is 170 Å². The van der Waals surface area contributed by atoms with Gasteiger partial charge in [0.15, 0.2) is 6.10 Å². The van der Waals surface area contributed by atoms with E-state index in [-0.39, 0.29) is 12.5 Å². The number of benzene rings is 2. The van der Waals surface area contributed by atoms with Gasteiger partial charge in [-0.25, -0.2) is 8.42 Å². The molecule has 0 aromatic heterocycles. The van der Waals surface area contributed by atoms with Crippen LogP contribution in [0.4, 0.5) is 5.69 Å². The van der Waals surface area contributed by atoms with Crippen LogP contribution in [0.15, 0.2) is 48.5 Å². The lowest BCUT2D eigenvalue weighted by Crippen LogP contribution is -2.55. The fraction of sp³-hybridized carbons (Fsp3) is 0.350. The molecule has 1 aliphatic rings. The van der Waals surface area contributed by atoms with Crippen LogP contribution < -0.4 is 14.4 Å². The van der Waals surface area contributed by atoms with Gasteiger partial charge in [0, 0.05) is 10.6 Å². The van der Waals surface area contributed by atoms with Crippen LogP contribution in [0, 0.1) is 0 Å². The van der Waals surface area contributed by atoms with Gasteiger partial charge in [-0.2, -0.15) is 0 Å². The number of anilines is 1. The largest absolute Gasteiger partial charge is 0.476 e. The Kier molecular flexibility index (Phi) is 5.59. The van der Waals surface area contributed by atoms with Gasteiger partial charge >= 0.3 is 0 Å². The fourth-order valence-corrected chi connectivity index (χ4v) is 4.31. The molecule has 0 radical (unpaired) electrons. The number of fused-ring (bicyclic) bond motifs is 1. The van der Waals surface area contributed by atoms with Crippen LogP contribution in [0.1, 0.15) is 19.4 Å². The molecular weight excluding hydrogens is 400 g/mol. The van der Waals surface area contributed by atoms with E-state index in [1.54, 1.807) is 12.1 Å². The monoisotopic (exact) mass is 422 g/mol. The number of carbonyl (C=O) groups excluding carboxylic acids is 1. The zero-order chi connectivity index (χ0) is 20.5. The van der Waals surface area contributed by atoms with Crippen molar-refractivity contribution in [1.82, 2.24) is 5.32 Å². The van der Waals surface area contributed by atoms with Gasteiger partial charge in [0.05, 0.1) is 18.5 Å². The third kappa shape index (κ3) is 4.77. The summed E-state index contributed by atoms with van der Waals surface area (Å²) >= 11 is 6.00. The van der Waals surface area contributed by atoms with Crippen molar-refractivity contribution in [3.63, 3.8) is 0 Å². The number of nitrogens with one attached hydrogen (secondary N) is 1. The van der Waals surface area contributed by atoms with Gasteiger partial charge in [0.25, 0.3) is 5.91 Å². The lowest BCUT2D eigenvalue weighted by atomic mass is 9.94. The SMILES string of the molecule is CC(C)(Cc1ccccc1)NC(=O)C1CN(S(C)(=O)=O)c2cc(Cl)ccc2O1. The van der Waals surface area contributed by atoms with Crippen LogP contribution in [0.2, 0.25) is 5.02 Å². The number of nitrogens with zero attached hydrogens (tertiary/aromatic N) is 1. The number of rotatable bonds is 5. The van der Waals surface area contributed by atoms with Crippen LogP contribution in [0.5, 0.6) is 5.75 Å². The van der Waals surface area contributed by atoms with Crippen molar-refractivity contribution in [2.24, 2.45) is 0 Å². The fourth-order valence-electron chi connectivity index (χ4n) is 3.24. The van der Waals surface area contributed by atoms with Gasteiger partial charge in [-0.15, -0.1) is 0 Å². The smallest absolute Gasteiger partial charge is 0.263 e.